The molecule has 0 saturated heterocycles. The van der Waals surface area contributed by atoms with Crippen LogP contribution in [0, 0.1) is 0 Å². The highest BCUT2D eigenvalue weighted by Gasteiger charge is 2.30. The number of carbonyl (C=O) groups is 2. The van der Waals surface area contributed by atoms with E-state index in [1.165, 1.54) is 0 Å². The second-order valence-corrected chi connectivity index (χ2v) is 8.69. The minimum Gasteiger partial charge on any atom is -0.490 e. The van der Waals surface area contributed by atoms with E-state index < -0.39 is 0 Å². The minimum absolute atomic E-state index is 0.0181. The number of nitrogens with zero attached hydrogens (tertiary/aromatic N) is 1. The van der Waals surface area contributed by atoms with Gasteiger partial charge >= 0.3 is 0 Å². The van der Waals surface area contributed by atoms with E-state index in [4.69, 9.17) is 9.47 Å². The lowest BCUT2D eigenvalue weighted by Gasteiger charge is -2.19. The lowest BCUT2D eigenvalue weighted by Crippen LogP contribution is -2.35. The third kappa shape index (κ3) is 5.81. The number of amides is 2. The first kappa shape index (κ1) is 26.8. The molecule has 1 aliphatic heterocycles. The number of nitrogens with one attached hydrogen (secondary N) is 3. The van der Waals surface area contributed by atoms with Crippen LogP contribution in [-0.2, 0) is 9.59 Å². The standard InChI is InChI=1S/C30H34N4O4/c1-5-31-19-27(35)34(4)22-15-13-21(14-16-22)32-29(20-11-9-8-10-12-20)28-23-17-25(37-6-2)26(38-7-3)18-24(23)33-30(28)36/h8-18,31-32H,5-7,19H2,1-4H3,(H,33,36)/b29-28-. The molecule has 38 heavy (non-hydrogen) atoms. The number of anilines is 3. The van der Waals surface area contributed by atoms with Gasteiger partial charge in [-0.05, 0) is 56.3 Å². The first-order valence-electron chi connectivity index (χ1n) is 12.9. The molecule has 0 aliphatic carbocycles. The van der Waals surface area contributed by atoms with Gasteiger partial charge in [-0.3, -0.25) is 9.59 Å². The van der Waals surface area contributed by atoms with Gasteiger partial charge in [0, 0.05) is 30.1 Å². The molecule has 0 aromatic heterocycles. The summed E-state index contributed by atoms with van der Waals surface area (Å²) in [5.41, 5.74) is 5.00. The van der Waals surface area contributed by atoms with Gasteiger partial charge in [0.1, 0.15) is 0 Å². The Balaban J connectivity index is 1.74. The molecule has 0 spiro atoms. The summed E-state index contributed by atoms with van der Waals surface area (Å²) in [6.07, 6.45) is 0. The molecule has 1 aliphatic rings. The molecule has 8 heteroatoms. The van der Waals surface area contributed by atoms with Gasteiger partial charge in [0.15, 0.2) is 11.5 Å². The van der Waals surface area contributed by atoms with E-state index >= 15 is 0 Å². The molecule has 3 N–H and O–H groups in total. The van der Waals surface area contributed by atoms with Crippen molar-refractivity contribution < 1.29 is 19.1 Å². The number of hydrogen-bond acceptors (Lipinski definition) is 6. The summed E-state index contributed by atoms with van der Waals surface area (Å²) >= 11 is 0. The van der Waals surface area contributed by atoms with E-state index in [1.54, 1.807) is 11.9 Å². The van der Waals surface area contributed by atoms with Crippen molar-refractivity contribution in [3.05, 3.63) is 77.9 Å². The molecule has 0 fully saturated rings. The Bertz CT molecular complexity index is 1320. The van der Waals surface area contributed by atoms with Crippen molar-refractivity contribution in [1.29, 1.82) is 0 Å². The lowest BCUT2D eigenvalue weighted by atomic mass is 9.99. The maximum Gasteiger partial charge on any atom is 0.258 e. The van der Waals surface area contributed by atoms with E-state index in [0.29, 0.717) is 41.7 Å². The highest BCUT2D eigenvalue weighted by Crippen LogP contribution is 2.43. The van der Waals surface area contributed by atoms with Gasteiger partial charge in [-0.1, -0.05) is 37.3 Å². The summed E-state index contributed by atoms with van der Waals surface area (Å²) in [4.78, 5) is 27.4. The zero-order chi connectivity index (χ0) is 27.1. The molecule has 0 bridgehead atoms. The van der Waals surface area contributed by atoms with Gasteiger partial charge in [-0.25, -0.2) is 0 Å². The van der Waals surface area contributed by atoms with Crippen molar-refractivity contribution >= 4 is 40.1 Å². The second kappa shape index (κ2) is 12.3. The van der Waals surface area contributed by atoms with Crippen molar-refractivity contribution in [1.82, 2.24) is 5.32 Å². The Morgan fingerprint density at radius 3 is 2.21 bits per heavy atom. The fourth-order valence-corrected chi connectivity index (χ4v) is 4.25. The molecule has 3 aromatic rings. The third-order valence-electron chi connectivity index (χ3n) is 6.16. The Labute approximate surface area is 223 Å². The summed E-state index contributed by atoms with van der Waals surface area (Å²) in [6, 6.07) is 20.9. The number of benzene rings is 3. The fraction of sp³-hybridized carbons (Fsp3) is 0.267. The summed E-state index contributed by atoms with van der Waals surface area (Å²) < 4.78 is 11.6. The van der Waals surface area contributed by atoms with Gasteiger partial charge in [0.2, 0.25) is 5.91 Å². The van der Waals surface area contributed by atoms with Gasteiger partial charge in [0.05, 0.1) is 36.7 Å². The molecule has 2 amide bonds. The first-order valence-corrected chi connectivity index (χ1v) is 12.9. The Morgan fingerprint density at radius 2 is 1.58 bits per heavy atom. The van der Waals surface area contributed by atoms with Gasteiger partial charge in [-0.2, -0.15) is 0 Å². The number of fused-ring (bicyclic) bond motifs is 1. The number of rotatable bonds is 11. The van der Waals surface area contributed by atoms with E-state index in [-0.39, 0.29) is 18.4 Å². The second-order valence-electron chi connectivity index (χ2n) is 8.69. The largest absolute Gasteiger partial charge is 0.490 e. The lowest BCUT2D eigenvalue weighted by molar-refractivity contribution is -0.117. The van der Waals surface area contributed by atoms with E-state index in [9.17, 15) is 9.59 Å². The minimum atomic E-state index is -0.215. The van der Waals surface area contributed by atoms with Crippen LogP contribution < -0.4 is 30.3 Å². The topological polar surface area (TPSA) is 91.9 Å². The maximum absolute atomic E-state index is 13.3. The normalized spacial score (nSPS) is 13.4. The third-order valence-corrected chi connectivity index (χ3v) is 6.16. The van der Waals surface area contributed by atoms with E-state index in [0.717, 1.165) is 29.0 Å². The van der Waals surface area contributed by atoms with Crippen LogP contribution in [0.15, 0.2) is 66.7 Å². The number of ether oxygens (including phenoxy) is 2. The van der Waals surface area contributed by atoms with Crippen LogP contribution in [0.2, 0.25) is 0 Å². The SMILES string of the molecule is CCNCC(=O)N(C)c1ccc(N/C(=C2\C(=O)Nc3cc(OCC)c(OCC)cc32)c2ccccc2)cc1. The van der Waals surface area contributed by atoms with Crippen molar-refractivity contribution in [3.8, 4) is 11.5 Å². The van der Waals surface area contributed by atoms with Gasteiger partial charge < -0.3 is 30.3 Å². The molecule has 8 nitrogen and oxygen atoms in total. The predicted molar refractivity (Wildman–Crippen MR) is 153 cm³/mol. The van der Waals surface area contributed by atoms with Crippen LogP contribution in [0.3, 0.4) is 0 Å². The molecular weight excluding hydrogens is 480 g/mol. The average Bonchev–Trinajstić information content (AvgIpc) is 3.25. The average molecular weight is 515 g/mol. The molecule has 1 heterocycles. The first-order chi connectivity index (χ1) is 18.5. The summed E-state index contributed by atoms with van der Waals surface area (Å²) in [5.74, 6) is 0.944. The summed E-state index contributed by atoms with van der Waals surface area (Å²) in [7, 11) is 1.76. The van der Waals surface area contributed by atoms with Crippen molar-refractivity contribution in [2.45, 2.75) is 20.8 Å². The number of likely N-dealkylation sites (N-methyl/N-ethyl adjacent to an activating group) is 2. The Kier molecular flexibility index (Phi) is 8.66. The highest BCUT2D eigenvalue weighted by molar-refractivity contribution is 6.37. The van der Waals surface area contributed by atoms with Gasteiger partial charge in [0.25, 0.3) is 5.91 Å². The molecule has 3 aromatic carbocycles. The summed E-state index contributed by atoms with van der Waals surface area (Å²) in [5, 5.41) is 9.50. The zero-order valence-electron chi connectivity index (χ0n) is 22.3. The smallest absolute Gasteiger partial charge is 0.258 e. The monoisotopic (exact) mass is 514 g/mol. The van der Waals surface area contributed by atoms with Crippen molar-refractivity contribution in [2.24, 2.45) is 0 Å². The number of carbonyl (C=O) groups excluding carboxylic acids is 2. The molecule has 0 radical (unpaired) electrons. The molecule has 4 rings (SSSR count). The van der Waals surface area contributed by atoms with Crippen LogP contribution >= 0.6 is 0 Å². The fourth-order valence-electron chi connectivity index (χ4n) is 4.25. The van der Waals surface area contributed by atoms with Crippen molar-refractivity contribution in [3.63, 3.8) is 0 Å². The zero-order valence-corrected chi connectivity index (χ0v) is 22.3. The number of hydrogen-bond donors (Lipinski definition) is 3. The quantitative estimate of drug-likeness (QED) is 0.312. The maximum atomic E-state index is 13.3. The van der Waals surface area contributed by atoms with Crippen LogP contribution in [0.25, 0.3) is 11.3 Å². The van der Waals surface area contributed by atoms with E-state index in [2.05, 4.69) is 16.0 Å². The van der Waals surface area contributed by atoms with Crippen LogP contribution in [0.1, 0.15) is 31.9 Å². The molecule has 0 saturated carbocycles. The van der Waals surface area contributed by atoms with Gasteiger partial charge in [-0.15, -0.1) is 0 Å². The molecule has 0 atom stereocenters. The predicted octanol–water partition coefficient (Wildman–Crippen LogP) is 4.99. The van der Waals surface area contributed by atoms with Crippen LogP contribution in [0.5, 0.6) is 11.5 Å². The molecule has 0 unspecified atom stereocenters. The Morgan fingerprint density at radius 1 is 0.921 bits per heavy atom. The van der Waals surface area contributed by atoms with Crippen LogP contribution in [-0.4, -0.2) is 45.2 Å². The highest BCUT2D eigenvalue weighted by atomic mass is 16.5. The Hall–Kier alpha value is -4.30. The molecular formula is C30H34N4O4. The van der Waals surface area contributed by atoms with Crippen LogP contribution in [0.4, 0.5) is 17.1 Å². The van der Waals surface area contributed by atoms with E-state index in [1.807, 2.05) is 87.5 Å². The summed E-state index contributed by atoms with van der Waals surface area (Å²) in [6.45, 7) is 7.75. The van der Waals surface area contributed by atoms with Crippen molar-refractivity contribution in [2.75, 3.05) is 48.9 Å². The molecule has 198 valence electrons.